The molecule has 2 aromatic carbocycles. The Balaban J connectivity index is 1.76. The molecule has 0 aliphatic heterocycles. The molecule has 0 fully saturated rings. The lowest BCUT2D eigenvalue weighted by Gasteiger charge is -2.22. The minimum atomic E-state index is -0.576. The molecule has 144 valence electrons. The van der Waals surface area contributed by atoms with E-state index in [9.17, 15) is 9.59 Å². The van der Waals surface area contributed by atoms with Gasteiger partial charge in [0.05, 0.1) is 6.04 Å². The van der Waals surface area contributed by atoms with Gasteiger partial charge in [-0.25, -0.2) is 10.5 Å². The van der Waals surface area contributed by atoms with Crippen molar-refractivity contribution in [2.24, 2.45) is 5.92 Å². The molecular weight excluding hydrogens is 374 g/mol. The highest BCUT2D eigenvalue weighted by Gasteiger charge is 2.21. The van der Waals surface area contributed by atoms with Crippen LogP contribution < -0.4 is 10.8 Å². The topological polar surface area (TPSA) is 91.3 Å². The van der Waals surface area contributed by atoms with Crippen LogP contribution in [0.2, 0.25) is 0 Å². The van der Waals surface area contributed by atoms with Crippen molar-refractivity contribution in [2.45, 2.75) is 19.9 Å². The third kappa shape index (κ3) is 4.44. The number of hydroxylamine groups is 1. The summed E-state index contributed by atoms with van der Waals surface area (Å²) in [7, 11) is 0. The predicted octanol–water partition coefficient (Wildman–Crippen LogP) is 4.06. The average molecular weight is 395 g/mol. The van der Waals surface area contributed by atoms with Crippen LogP contribution in [0.1, 0.15) is 46.3 Å². The number of benzene rings is 2. The lowest BCUT2D eigenvalue weighted by atomic mass is 9.95. The first-order valence-corrected chi connectivity index (χ1v) is 9.73. The number of nitrogens with zero attached hydrogens (tertiary/aromatic N) is 1. The monoisotopic (exact) mass is 395 g/mol. The Labute approximate surface area is 167 Å². The van der Waals surface area contributed by atoms with Gasteiger partial charge >= 0.3 is 0 Å². The van der Waals surface area contributed by atoms with Crippen molar-refractivity contribution in [1.82, 2.24) is 15.8 Å². The number of nitrogens with one attached hydrogen (secondary N) is 2. The van der Waals surface area contributed by atoms with Crippen LogP contribution >= 0.6 is 11.3 Å². The Morgan fingerprint density at radius 1 is 1.00 bits per heavy atom. The van der Waals surface area contributed by atoms with Crippen LogP contribution in [0, 0.1) is 5.92 Å². The summed E-state index contributed by atoms with van der Waals surface area (Å²) in [5, 5.41) is 14.3. The van der Waals surface area contributed by atoms with E-state index in [2.05, 4.69) is 10.3 Å². The van der Waals surface area contributed by atoms with E-state index >= 15 is 0 Å². The molecule has 0 spiro atoms. The molecule has 1 heterocycles. The summed E-state index contributed by atoms with van der Waals surface area (Å²) in [5.41, 5.74) is 4.17. The summed E-state index contributed by atoms with van der Waals surface area (Å²) in [6, 6.07) is 16.3. The van der Waals surface area contributed by atoms with E-state index in [-0.39, 0.29) is 17.9 Å². The van der Waals surface area contributed by atoms with Gasteiger partial charge in [-0.3, -0.25) is 14.8 Å². The van der Waals surface area contributed by atoms with Crippen molar-refractivity contribution >= 4 is 23.2 Å². The van der Waals surface area contributed by atoms with Crippen molar-refractivity contribution in [2.75, 3.05) is 0 Å². The summed E-state index contributed by atoms with van der Waals surface area (Å²) < 4.78 is 0. The third-order valence-electron chi connectivity index (χ3n) is 4.34. The van der Waals surface area contributed by atoms with Gasteiger partial charge in [-0.05, 0) is 23.6 Å². The Morgan fingerprint density at radius 3 is 2.29 bits per heavy atom. The number of rotatable bonds is 6. The molecule has 7 heteroatoms. The van der Waals surface area contributed by atoms with Crippen LogP contribution in [-0.4, -0.2) is 22.0 Å². The summed E-state index contributed by atoms with van der Waals surface area (Å²) >= 11 is 1.43. The fourth-order valence-corrected chi connectivity index (χ4v) is 3.65. The third-order valence-corrected chi connectivity index (χ3v) is 5.24. The van der Waals surface area contributed by atoms with Gasteiger partial charge in [-0.1, -0.05) is 56.3 Å². The molecule has 3 rings (SSSR count). The molecule has 6 nitrogen and oxygen atoms in total. The highest BCUT2D eigenvalue weighted by atomic mass is 32.1. The molecular formula is C21H21N3O3S. The molecule has 28 heavy (non-hydrogen) atoms. The summed E-state index contributed by atoms with van der Waals surface area (Å²) in [6.45, 7) is 4.02. The van der Waals surface area contributed by atoms with Crippen molar-refractivity contribution in [3.05, 3.63) is 76.8 Å². The predicted molar refractivity (Wildman–Crippen MR) is 108 cm³/mol. The summed E-state index contributed by atoms with van der Waals surface area (Å²) in [6.07, 6.45) is 0. The van der Waals surface area contributed by atoms with E-state index in [1.54, 1.807) is 35.1 Å². The Hall–Kier alpha value is -3.03. The maximum atomic E-state index is 12.7. The number of aromatic nitrogens is 1. The number of amides is 2. The van der Waals surface area contributed by atoms with Gasteiger partial charge < -0.3 is 5.32 Å². The number of hydrogen-bond donors (Lipinski definition) is 3. The lowest BCUT2D eigenvalue weighted by molar-refractivity contribution is 0.0706. The van der Waals surface area contributed by atoms with E-state index in [1.807, 2.05) is 44.2 Å². The van der Waals surface area contributed by atoms with Crippen LogP contribution in [0.5, 0.6) is 0 Å². The zero-order chi connectivity index (χ0) is 20.1. The second-order valence-corrected chi connectivity index (χ2v) is 7.52. The minimum absolute atomic E-state index is 0.133. The molecule has 0 saturated heterocycles. The normalized spacial score (nSPS) is 11.9. The zero-order valence-corrected chi connectivity index (χ0v) is 16.4. The van der Waals surface area contributed by atoms with E-state index < -0.39 is 5.91 Å². The highest BCUT2D eigenvalue weighted by Crippen LogP contribution is 2.25. The lowest BCUT2D eigenvalue weighted by Crippen LogP contribution is -2.32. The molecule has 1 aromatic heterocycles. The SMILES string of the molecule is CC(C)C(NC(=O)c1csc(-c2ccccc2)n1)c1ccc(C(=O)NO)cc1. The Morgan fingerprint density at radius 2 is 1.68 bits per heavy atom. The molecule has 0 aliphatic rings. The van der Waals surface area contributed by atoms with Gasteiger partial charge in [-0.15, -0.1) is 11.3 Å². The van der Waals surface area contributed by atoms with Crippen molar-refractivity contribution in [1.29, 1.82) is 0 Å². The number of thiazole rings is 1. The first kappa shape index (κ1) is 19.7. The van der Waals surface area contributed by atoms with Crippen LogP contribution in [-0.2, 0) is 0 Å². The number of carbonyl (C=O) groups is 2. The fourth-order valence-electron chi connectivity index (χ4n) is 2.85. The highest BCUT2D eigenvalue weighted by molar-refractivity contribution is 7.13. The smallest absolute Gasteiger partial charge is 0.274 e. The van der Waals surface area contributed by atoms with Crippen molar-refractivity contribution in [3.8, 4) is 10.6 Å². The first-order chi connectivity index (χ1) is 13.5. The quantitative estimate of drug-likeness (QED) is 0.434. The molecule has 1 unspecified atom stereocenters. The molecule has 1 atom stereocenters. The largest absolute Gasteiger partial charge is 0.344 e. The van der Waals surface area contributed by atoms with Crippen molar-refractivity contribution in [3.63, 3.8) is 0 Å². The Bertz CT molecular complexity index is 953. The minimum Gasteiger partial charge on any atom is -0.344 e. The maximum absolute atomic E-state index is 12.7. The van der Waals surface area contributed by atoms with Gasteiger partial charge in [0.2, 0.25) is 0 Å². The molecule has 2 amide bonds. The first-order valence-electron chi connectivity index (χ1n) is 8.86. The van der Waals surface area contributed by atoms with Gasteiger partial charge in [0, 0.05) is 16.5 Å². The van der Waals surface area contributed by atoms with Crippen molar-refractivity contribution < 1.29 is 14.8 Å². The molecule has 0 aliphatic carbocycles. The fraction of sp³-hybridized carbons (Fsp3) is 0.190. The summed E-state index contributed by atoms with van der Waals surface area (Å²) in [4.78, 5) is 28.7. The van der Waals surface area contributed by atoms with Gasteiger partial charge in [0.1, 0.15) is 10.7 Å². The zero-order valence-electron chi connectivity index (χ0n) is 15.5. The van der Waals surface area contributed by atoms with Crippen LogP contribution in [0.25, 0.3) is 10.6 Å². The molecule has 3 N–H and O–H groups in total. The van der Waals surface area contributed by atoms with E-state index in [1.165, 1.54) is 11.3 Å². The van der Waals surface area contributed by atoms with E-state index in [4.69, 9.17) is 5.21 Å². The molecule has 3 aromatic rings. The molecule has 0 saturated carbocycles. The Kier molecular flexibility index (Phi) is 6.18. The number of hydrogen-bond acceptors (Lipinski definition) is 5. The average Bonchev–Trinajstić information content (AvgIpc) is 3.22. The van der Waals surface area contributed by atoms with E-state index in [0.717, 1.165) is 16.1 Å². The second-order valence-electron chi connectivity index (χ2n) is 6.66. The van der Waals surface area contributed by atoms with Crippen LogP contribution in [0.15, 0.2) is 60.0 Å². The van der Waals surface area contributed by atoms with Crippen LogP contribution in [0.3, 0.4) is 0 Å². The number of carbonyl (C=O) groups excluding carboxylic acids is 2. The van der Waals surface area contributed by atoms with E-state index in [0.29, 0.717) is 11.3 Å². The standard InChI is InChI=1S/C21H21N3O3S/c1-13(2)18(14-8-10-15(11-9-14)19(25)24-27)23-20(26)17-12-28-21(22-17)16-6-4-3-5-7-16/h3-13,18,27H,1-2H3,(H,23,26)(H,24,25). The second kappa shape index (κ2) is 8.77. The van der Waals surface area contributed by atoms with Crippen LogP contribution in [0.4, 0.5) is 0 Å². The molecule has 0 radical (unpaired) electrons. The van der Waals surface area contributed by atoms with Gasteiger partial charge in [-0.2, -0.15) is 0 Å². The van der Waals surface area contributed by atoms with Gasteiger partial charge in [0.25, 0.3) is 11.8 Å². The van der Waals surface area contributed by atoms with Gasteiger partial charge in [0.15, 0.2) is 0 Å². The maximum Gasteiger partial charge on any atom is 0.274 e. The summed E-state index contributed by atoms with van der Waals surface area (Å²) in [5.74, 6) is -0.685. The molecule has 0 bridgehead atoms.